The Labute approximate surface area is 147 Å². The molecule has 0 fully saturated rings. The summed E-state index contributed by atoms with van der Waals surface area (Å²) in [6.45, 7) is 1.79. The molecule has 0 saturated heterocycles. The van der Waals surface area contributed by atoms with E-state index in [1.165, 1.54) is 33.8 Å². The SMILES string of the molecule is c1ccc2c(c1)SCC[C@@H]2NCc1ccc(Cn2ccnc2)cc1. The second kappa shape index (κ2) is 7.24. The molecule has 0 aliphatic carbocycles. The molecule has 0 radical (unpaired) electrons. The summed E-state index contributed by atoms with van der Waals surface area (Å²) in [5.74, 6) is 1.19. The molecule has 1 N–H and O–H groups in total. The molecular formula is C20H21N3S. The van der Waals surface area contributed by atoms with Gasteiger partial charge >= 0.3 is 0 Å². The number of aromatic nitrogens is 2. The van der Waals surface area contributed by atoms with Gasteiger partial charge in [-0.3, -0.25) is 0 Å². The van der Waals surface area contributed by atoms with Crippen molar-refractivity contribution < 1.29 is 0 Å². The summed E-state index contributed by atoms with van der Waals surface area (Å²) in [5.41, 5.74) is 4.08. The summed E-state index contributed by atoms with van der Waals surface area (Å²) in [6, 6.07) is 18.1. The Kier molecular flexibility index (Phi) is 4.67. The summed E-state index contributed by atoms with van der Waals surface area (Å²) in [5, 5.41) is 3.73. The van der Waals surface area contributed by atoms with Gasteiger partial charge in [0.05, 0.1) is 6.33 Å². The summed E-state index contributed by atoms with van der Waals surface area (Å²) >= 11 is 1.97. The first-order valence-corrected chi connectivity index (χ1v) is 9.36. The Morgan fingerprint density at radius 1 is 1.08 bits per heavy atom. The number of nitrogens with zero attached hydrogens (tertiary/aromatic N) is 2. The van der Waals surface area contributed by atoms with E-state index < -0.39 is 0 Å². The zero-order valence-corrected chi connectivity index (χ0v) is 14.4. The molecule has 0 unspecified atom stereocenters. The number of rotatable bonds is 5. The van der Waals surface area contributed by atoms with E-state index >= 15 is 0 Å². The second-order valence-electron chi connectivity index (χ2n) is 6.16. The first-order chi connectivity index (χ1) is 11.9. The van der Waals surface area contributed by atoms with Crippen LogP contribution >= 0.6 is 11.8 Å². The normalized spacial score (nSPS) is 16.8. The van der Waals surface area contributed by atoms with Gasteiger partial charge in [0.2, 0.25) is 0 Å². The van der Waals surface area contributed by atoms with Gasteiger partial charge in [-0.25, -0.2) is 4.98 Å². The monoisotopic (exact) mass is 335 g/mol. The van der Waals surface area contributed by atoms with Crippen LogP contribution in [0.1, 0.15) is 29.2 Å². The van der Waals surface area contributed by atoms with E-state index in [-0.39, 0.29) is 0 Å². The molecule has 0 spiro atoms. The Balaban J connectivity index is 1.38. The van der Waals surface area contributed by atoms with Gasteiger partial charge in [0.25, 0.3) is 0 Å². The van der Waals surface area contributed by atoms with Crippen LogP contribution < -0.4 is 5.32 Å². The van der Waals surface area contributed by atoms with Crippen molar-refractivity contribution in [2.75, 3.05) is 5.75 Å². The van der Waals surface area contributed by atoms with E-state index in [1.54, 1.807) is 0 Å². The van der Waals surface area contributed by atoms with Crippen molar-refractivity contribution in [3.63, 3.8) is 0 Å². The molecule has 2 aromatic carbocycles. The minimum absolute atomic E-state index is 0.466. The van der Waals surface area contributed by atoms with Crippen LogP contribution in [-0.2, 0) is 13.1 Å². The topological polar surface area (TPSA) is 29.9 Å². The zero-order chi connectivity index (χ0) is 16.2. The predicted octanol–water partition coefficient (Wildman–Crippen LogP) is 4.26. The molecule has 1 aromatic heterocycles. The van der Waals surface area contributed by atoms with Crippen molar-refractivity contribution in [2.45, 2.75) is 30.4 Å². The van der Waals surface area contributed by atoms with Crippen molar-refractivity contribution in [1.82, 2.24) is 14.9 Å². The average molecular weight is 335 g/mol. The van der Waals surface area contributed by atoms with Gasteiger partial charge in [0.15, 0.2) is 0 Å². The lowest BCUT2D eigenvalue weighted by molar-refractivity contribution is 0.510. The highest BCUT2D eigenvalue weighted by atomic mass is 32.2. The van der Waals surface area contributed by atoms with E-state index in [0.29, 0.717) is 6.04 Å². The molecule has 4 heteroatoms. The number of benzene rings is 2. The quantitative estimate of drug-likeness (QED) is 0.755. The summed E-state index contributed by atoms with van der Waals surface area (Å²) in [6.07, 6.45) is 6.86. The molecule has 0 saturated carbocycles. The number of thioether (sulfide) groups is 1. The van der Waals surface area contributed by atoms with Gasteiger partial charge in [-0.2, -0.15) is 0 Å². The maximum absolute atomic E-state index is 4.09. The molecule has 24 heavy (non-hydrogen) atoms. The summed E-state index contributed by atoms with van der Waals surface area (Å²) in [7, 11) is 0. The third kappa shape index (κ3) is 3.55. The van der Waals surface area contributed by atoms with Crippen LogP contribution in [0.3, 0.4) is 0 Å². The van der Waals surface area contributed by atoms with E-state index in [0.717, 1.165) is 13.1 Å². The minimum Gasteiger partial charge on any atom is -0.333 e. The molecule has 0 bridgehead atoms. The zero-order valence-electron chi connectivity index (χ0n) is 13.6. The smallest absolute Gasteiger partial charge is 0.0949 e. The molecule has 3 aromatic rings. The molecule has 3 nitrogen and oxygen atoms in total. The third-order valence-electron chi connectivity index (χ3n) is 4.46. The Hall–Kier alpha value is -2.04. The molecule has 0 amide bonds. The Morgan fingerprint density at radius 2 is 1.92 bits per heavy atom. The van der Waals surface area contributed by atoms with Gasteiger partial charge in [-0.15, -0.1) is 11.8 Å². The van der Waals surface area contributed by atoms with Crippen LogP contribution in [0.5, 0.6) is 0 Å². The minimum atomic E-state index is 0.466. The fourth-order valence-electron chi connectivity index (χ4n) is 3.15. The lowest BCUT2D eigenvalue weighted by Gasteiger charge is -2.26. The fourth-order valence-corrected chi connectivity index (χ4v) is 4.27. The molecule has 4 rings (SSSR count). The van der Waals surface area contributed by atoms with E-state index in [2.05, 4.69) is 63.4 Å². The maximum atomic E-state index is 4.09. The fraction of sp³-hybridized carbons (Fsp3) is 0.250. The first-order valence-electron chi connectivity index (χ1n) is 8.37. The standard InChI is InChI=1S/C20H21N3S/c1-2-4-20-18(3-1)19(9-12-24-20)22-13-16-5-7-17(8-6-16)14-23-11-10-21-15-23/h1-8,10-11,15,19,22H,9,12-14H2/t19-/m0/s1. The summed E-state index contributed by atoms with van der Waals surface area (Å²) < 4.78 is 2.09. The van der Waals surface area contributed by atoms with Gasteiger partial charge in [-0.1, -0.05) is 42.5 Å². The lowest BCUT2D eigenvalue weighted by Crippen LogP contribution is -2.24. The molecule has 1 aliphatic heterocycles. The largest absolute Gasteiger partial charge is 0.333 e. The molecule has 122 valence electrons. The van der Waals surface area contributed by atoms with Gasteiger partial charge in [0.1, 0.15) is 0 Å². The van der Waals surface area contributed by atoms with Crippen molar-refractivity contribution in [1.29, 1.82) is 0 Å². The number of imidazole rings is 1. The Bertz CT molecular complexity index is 781. The lowest BCUT2D eigenvalue weighted by atomic mass is 10.0. The molecule has 1 aliphatic rings. The average Bonchev–Trinajstić information content (AvgIpc) is 3.14. The van der Waals surface area contributed by atoms with Crippen LogP contribution in [0.4, 0.5) is 0 Å². The molecular weight excluding hydrogens is 314 g/mol. The van der Waals surface area contributed by atoms with Crippen molar-refractivity contribution in [3.05, 3.63) is 83.9 Å². The van der Waals surface area contributed by atoms with Gasteiger partial charge in [0, 0.05) is 36.4 Å². The van der Waals surface area contributed by atoms with Crippen LogP contribution in [0, 0.1) is 0 Å². The van der Waals surface area contributed by atoms with Crippen LogP contribution in [-0.4, -0.2) is 15.3 Å². The van der Waals surface area contributed by atoms with Crippen LogP contribution in [0.15, 0.2) is 72.1 Å². The highest BCUT2D eigenvalue weighted by Gasteiger charge is 2.19. The van der Waals surface area contributed by atoms with Crippen LogP contribution in [0.2, 0.25) is 0 Å². The Morgan fingerprint density at radius 3 is 2.75 bits per heavy atom. The van der Waals surface area contributed by atoms with Crippen molar-refractivity contribution in [3.8, 4) is 0 Å². The predicted molar refractivity (Wildman–Crippen MR) is 99.1 cm³/mol. The van der Waals surface area contributed by atoms with E-state index in [4.69, 9.17) is 0 Å². The van der Waals surface area contributed by atoms with E-state index in [1.807, 2.05) is 30.5 Å². The van der Waals surface area contributed by atoms with E-state index in [9.17, 15) is 0 Å². The number of fused-ring (bicyclic) bond motifs is 1. The third-order valence-corrected chi connectivity index (χ3v) is 5.58. The van der Waals surface area contributed by atoms with Crippen molar-refractivity contribution >= 4 is 11.8 Å². The maximum Gasteiger partial charge on any atom is 0.0949 e. The number of nitrogens with one attached hydrogen (secondary N) is 1. The number of hydrogen-bond donors (Lipinski definition) is 1. The van der Waals surface area contributed by atoms with Gasteiger partial charge < -0.3 is 9.88 Å². The van der Waals surface area contributed by atoms with Gasteiger partial charge in [-0.05, 0) is 34.9 Å². The molecule has 1 atom stereocenters. The highest BCUT2D eigenvalue weighted by molar-refractivity contribution is 7.99. The highest BCUT2D eigenvalue weighted by Crippen LogP contribution is 2.35. The van der Waals surface area contributed by atoms with Crippen LogP contribution in [0.25, 0.3) is 0 Å². The second-order valence-corrected chi connectivity index (χ2v) is 7.30. The molecule has 2 heterocycles. The number of hydrogen-bond acceptors (Lipinski definition) is 3. The first kappa shape index (κ1) is 15.5. The van der Waals surface area contributed by atoms with Crippen molar-refractivity contribution in [2.24, 2.45) is 0 Å². The summed E-state index contributed by atoms with van der Waals surface area (Å²) in [4.78, 5) is 5.51.